The quantitative estimate of drug-likeness (QED) is 0.742. The molecule has 0 aliphatic carbocycles. The van der Waals surface area contributed by atoms with Crippen LogP contribution >= 0.6 is 0 Å². The minimum Gasteiger partial charge on any atom is -0.480 e. The summed E-state index contributed by atoms with van der Waals surface area (Å²) in [5.41, 5.74) is 0. The van der Waals surface area contributed by atoms with Crippen LogP contribution in [0.2, 0.25) is 0 Å². The van der Waals surface area contributed by atoms with Gasteiger partial charge in [0, 0.05) is 25.8 Å². The number of ether oxygens (including phenoxy) is 1. The molecule has 2 N–H and O–H groups in total. The van der Waals surface area contributed by atoms with Crippen LogP contribution in [0.25, 0.3) is 0 Å². The summed E-state index contributed by atoms with van der Waals surface area (Å²) in [5.74, 6) is -0.486. The topological polar surface area (TPSA) is 78.9 Å². The van der Waals surface area contributed by atoms with Crippen molar-refractivity contribution in [3.63, 3.8) is 0 Å². The fourth-order valence-electron chi connectivity index (χ4n) is 1.93. The van der Waals surface area contributed by atoms with Gasteiger partial charge in [0.05, 0.1) is 0 Å². The largest absolute Gasteiger partial charge is 0.480 e. The van der Waals surface area contributed by atoms with Gasteiger partial charge in [0.2, 0.25) is 0 Å². The van der Waals surface area contributed by atoms with Gasteiger partial charge >= 0.3 is 12.0 Å². The number of aliphatic carboxylic acids is 1. The average Bonchev–Trinajstić information content (AvgIpc) is 2.78. The molecular weight excluding hydrogens is 236 g/mol. The summed E-state index contributed by atoms with van der Waals surface area (Å²) in [6.45, 7) is 5.46. The van der Waals surface area contributed by atoms with Gasteiger partial charge in [-0.05, 0) is 32.6 Å². The molecule has 6 heteroatoms. The Morgan fingerprint density at radius 1 is 1.50 bits per heavy atom. The van der Waals surface area contributed by atoms with E-state index in [1.807, 2.05) is 0 Å². The third-order valence-electron chi connectivity index (χ3n) is 3.04. The summed E-state index contributed by atoms with van der Waals surface area (Å²) in [7, 11) is 0. The summed E-state index contributed by atoms with van der Waals surface area (Å²) in [6, 6.07) is -0.442. The van der Waals surface area contributed by atoms with Gasteiger partial charge in [-0.25, -0.2) is 4.79 Å². The van der Waals surface area contributed by atoms with Crippen LogP contribution in [0.3, 0.4) is 0 Å². The molecule has 0 radical (unpaired) electrons. The van der Waals surface area contributed by atoms with E-state index in [2.05, 4.69) is 5.32 Å². The molecule has 1 aliphatic heterocycles. The van der Waals surface area contributed by atoms with Gasteiger partial charge in [-0.15, -0.1) is 0 Å². The fraction of sp³-hybridized carbons (Fsp3) is 0.833. The molecule has 1 rings (SSSR count). The Hall–Kier alpha value is -1.30. The fourth-order valence-corrected chi connectivity index (χ4v) is 1.93. The van der Waals surface area contributed by atoms with Crippen LogP contribution in [-0.2, 0) is 9.53 Å². The molecule has 0 aromatic rings. The summed E-state index contributed by atoms with van der Waals surface area (Å²) in [5, 5.41) is 11.5. The lowest BCUT2D eigenvalue weighted by Gasteiger charge is -2.25. The molecule has 1 heterocycles. The molecule has 18 heavy (non-hydrogen) atoms. The van der Waals surface area contributed by atoms with Gasteiger partial charge in [-0.1, -0.05) is 0 Å². The van der Waals surface area contributed by atoms with Gasteiger partial charge in [0.25, 0.3) is 0 Å². The minimum atomic E-state index is -0.997. The second kappa shape index (κ2) is 7.20. The number of hydrogen-bond acceptors (Lipinski definition) is 3. The van der Waals surface area contributed by atoms with Crippen LogP contribution in [-0.4, -0.2) is 54.4 Å². The molecule has 1 atom stereocenters. The van der Waals surface area contributed by atoms with Crippen molar-refractivity contribution < 1.29 is 19.4 Å². The highest BCUT2D eigenvalue weighted by Crippen LogP contribution is 2.15. The Labute approximate surface area is 107 Å². The number of amides is 2. The predicted octanol–water partition coefficient (Wildman–Crippen LogP) is 0.918. The van der Waals surface area contributed by atoms with E-state index >= 15 is 0 Å². The summed E-state index contributed by atoms with van der Waals surface area (Å²) >= 11 is 0. The second-order valence-electron chi connectivity index (χ2n) is 4.87. The number of urea groups is 1. The van der Waals surface area contributed by atoms with E-state index in [-0.39, 0.29) is 18.6 Å². The monoisotopic (exact) mass is 258 g/mol. The number of carbonyl (C=O) groups is 2. The van der Waals surface area contributed by atoms with E-state index in [0.29, 0.717) is 12.5 Å². The molecule has 104 valence electrons. The zero-order valence-electron chi connectivity index (χ0n) is 11.0. The molecule has 1 saturated heterocycles. The lowest BCUT2D eigenvalue weighted by atomic mass is 10.1. The van der Waals surface area contributed by atoms with Crippen LogP contribution in [0, 0.1) is 5.92 Å². The van der Waals surface area contributed by atoms with Crippen molar-refractivity contribution in [1.82, 2.24) is 10.2 Å². The first kappa shape index (κ1) is 14.8. The molecular formula is C12H22N2O4. The lowest BCUT2D eigenvalue weighted by molar-refractivity contribution is -0.138. The Bertz CT molecular complexity index is 288. The molecule has 1 fully saturated rings. The van der Waals surface area contributed by atoms with E-state index in [0.717, 1.165) is 26.1 Å². The van der Waals surface area contributed by atoms with Crippen molar-refractivity contribution in [2.24, 2.45) is 5.92 Å². The zero-order valence-corrected chi connectivity index (χ0v) is 11.0. The first-order valence-electron chi connectivity index (χ1n) is 6.34. The Balaban J connectivity index is 2.29. The Morgan fingerprint density at radius 2 is 2.22 bits per heavy atom. The maximum atomic E-state index is 11.8. The highest BCUT2D eigenvalue weighted by atomic mass is 16.5. The van der Waals surface area contributed by atoms with Crippen molar-refractivity contribution in [3.8, 4) is 0 Å². The zero-order chi connectivity index (χ0) is 13.5. The van der Waals surface area contributed by atoms with Crippen molar-refractivity contribution in [1.29, 1.82) is 0 Å². The lowest BCUT2D eigenvalue weighted by Crippen LogP contribution is -2.46. The van der Waals surface area contributed by atoms with Gasteiger partial charge in [-0.2, -0.15) is 0 Å². The molecule has 2 amide bonds. The molecule has 1 aliphatic rings. The maximum absolute atomic E-state index is 11.8. The molecule has 0 spiro atoms. The second-order valence-corrected chi connectivity index (χ2v) is 4.87. The van der Waals surface area contributed by atoms with Crippen LogP contribution in [0.1, 0.15) is 26.7 Å². The van der Waals surface area contributed by atoms with Crippen molar-refractivity contribution in [2.75, 3.05) is 26.3 Å². The number of hydrogen-bond donors (Lipinski definition) is 2. The Kier molecular flexibility index (Phi) is 5.91. The van der Waals surface area contributed by atoms with Crippen molar-refractivity contribution in [2.45, 2.75) is 32.7 Å². The number of nitrogens with one attached hydrogen (secondary N) is 1. The molecule has 6 nitrogen and oxygen atoms in total. The molecule has 1 unspecified atom stereocenters. The first-order valence-corrected chi connectivity index (χ1v) is 6.34. The number of rotatable bonds is 6. The Morgan fingerprint density at radius 3 is 2.72 bits per heavy atom. The third kappa shape index (κ3) is 4.91. The van der Waals surface area contributed by atoms with Crippen LogP contribution in [0.5, 0.6) is 0 Å². The van der Waals surface area contributed by atoms with Crippen LogP contribution in [0.4, 0.5) is 4.79 Å². The van der Waals surface area contributed by atoms with E-state index in [1.165, 1.54) is 4.90 Å². The SMILES string of the molecule is CC(C)N(CC(=O)O)C(=O)NCCC1CCOC1. The summed E-state index contributed by atoms with van der Waals surface area (Å²) in [6.07, 6.45) is 1.92. The van der Waals surface area contributed by atoms with Crippen LogP contribution in [0.15, 0.2) is 0 Å². The predicted molar refractivity (Wildman–Crippen MR) is 66.4 cm³/mol. The van der Waals surface area contributed by atoms with Gasteiger partial charge in [-0.3, -0.25) is 4.79 Å². The van der Waals surface area contributed by atoms with E-state index < -0.39 is 5.97 Å². The molecule has 0 aromatic carbocycles. The maximum Gasteiger partial charge on any atom is 0.323 e. The first-order chi connectivity index (χ1) is 8.50. The van der Waals surface area contributed by atoms with Crippen molar-refractivity contribution in [3.05, 3.63) is 0 Å². The van der Waals surface area contributed by atoms with E-state index in [1.54, 1.807) is 13.8 Å². The average molecular weight is 258 g/mol. The van der Waals surface area contributed by atoms with E-state index in [9.17, 15) is 9.59 Å². The van der Waals surface area contributed by atoms with Crippen LogP contribution < -0.4 is 5.32 Å². The van der Waals surface area contributed by atoms with E-state index in [4.69, 9.17) is 9.84 Å². The number of nitrogens with zero attached hydrogens (tertiary/aromatic N) is 1. The molecule has 0 aromatic heterocycles. The highest BCUT2D eigenvalue weighted by molar-refractivity contribution is 5.80. The number of carboxylic acids is 1. The number of carboxylic acid groups (broad SMARTS) is 1. The summed E-state index contributed by atoms with van der Waals surface area (Å²) < 4.78 is 5.25. The highest BCUT2D eigenvalue weighted by Gasteiger charge is 2.20. The third-order valence-corrected chi connectivity index (χ3v) is 3.04. The van der Waals surface area contributed by atoms with Gasteiger partial charge in [0.1, 0.15) is 6.54 Å². The van der Waals surface area contributed by atoms with Gasteiger partial charge in [0.15, 0.2) is 0 Å². The van der Waals surface area contributed by atoms with Gasteiger partial charge < -0.3 is 20.1 Å². The minimum absolute atomic E-state index is 0.129. The number of carbonyl (C=O) groups excluding carboxylic acids is 1. The molecule has 0 saturated carbocycles. The standard InChI is InChI=1S/C12H22N2O4/c1-9(2)14(7-11(15)16)12(17)13-5-3-10-4-6-18-8-10/h9-10H,3-8H2,1-2H3,(H,13,17)(H,15,16). The summed E-state index contributed by atoms with van der Waals surface area (Å²) in [4.78, 5) is 23.8. The van der Waals surface area contributed by atoms with Crippen molar-refractivity contribution >= 4 is 12.0 Å². The molecule has 0 bridgehead atoms. The smallest absolute Gasteiger partial charge is 0.323 e. The normalized spacial score (nSPS) is 18.9.